The molecule has 3 aromatic carbocycles. The molecule has 38 heavy (non-hydrogen) atoms. The van der Waals surface area contributed by atoms with Crippen molar-refractivity contribution in [1.29, 1.82) is 0 Å². The van der Waals surface area contributed by atoms with Crippen molar-refractivity contribution >= 4 is 28.6 Å². The van der Waals surface area contributed by atoms with Crippen LogP contribution in [0.2, 0.25) is 0 Å². The van der Waals surface area contributed by atoms with Gasteiger partial charge in [-0.2, -0.15) is 0 Å². The Morgan fingerprint density at radius 2 is 1.63 bits per heavy atom. The number of rotatable bonds is 7. The fourth-order valence-electron chi connectivity index (χ4n) is 5.05. The molecule has 0 radical (unpaired) electrons. The molecule has 4 aromatic rings. The van der Waals surface area contributed by atoms with Gasteiger partial charge in [-0.3, -0.25) is 14.6 Å². The molecule has 1 saturated heterocycles. The minimum absolute atomic E-state index is 0.127. The van der Waals surface area contributed by atoms with Crippen LogP contribution >= 0.6 is 0 Å². The summed E-state index contributed by atoms with van der Waals surface area (Å²) < 4.78 is 17.5. The van der Waals surface area contributed by atoms with Gasteiger partial charge < -0.3 is 19.2 Å². The average Bonchev–Trinajstić information content (AvgIpc) is 3.38. The molecule has 0 spiro atoms. The molecule has 1 N–H and O–H groups in total. The van der Waals surface area contributed by atoms with Crippen LogP contribution in [0, 0.1) is 0 Å². The first kappa shape index (κ1) is 24.3. The van der Waals surface area contributed by atoms with E-state index >= 15 is 0 Å². The second kappa shape index (κ2) is 11.1. The van der Waals surface area contributed by atoms with Crippen LogP contribution < -0.4 is 14.8 Å². The maximum Gasteiger partial charge on any atom is 0.249 e. The lowest BCUT2D eigenvalue weighted by Crippen LogP contribution is -2.50. The first-order valence-corrected chi connectivity index (χ1v) is 13.1. The fraction of sp³-hybridized carbons (Fsp3) is 0.258. The van der Waals surface area contributed by atoms with Crippen molar-refractivity contribution in [3.8, 4) is 11.5 Å². The second-order valence-corrected chi connectivity index (χ2v) is 9.59. The van der Waals surface area contributed by atoms with E-state index < -0.39 is 6.04 Å². The highest BCUT2D eigenvalue weighted by molar-refractivity contribution is 5.96. The zero-order chi connectivity index (χ0) is 25.7. The standard InChI is InChI=1S/C31H31N3O4/c35-31(32-25-12-13-27-28(22-25)37-20-19-36-27)30(29-21-24-10-4-5-11-26(24)38-29)34-17-15-33(16-18-34)14-6-9-23-7-2-1-3-8-23/h1-13,21-22,30H,14-20H2,(H,32,35)/b9-6+. The summed E-state index contributed by atoms with van der Waals surface area (Å²) in [7, 11) is 0. The van der Waals surface area contributed by atoms with Gasteiger partial charge in [0.2, 0.25) is 5.91 Å². The van der Waals surface area contributed by atoms with Gasteiger partial charge >= 0.3 is 0 Å². The zero-order valence-corrected chi connectivity index (χ0v) is 21.2. The Morgan fingerprint density at radius 1 is 0.868 bits per heavy atom. The maximum atomic E-state index is 13.8. The molecule has 6 rings (SSSR count). The van der Waals surface area contributed by atoms with Crippen molar-refractivity contribution in [3.63, 3.8) is 0 Å². The largest absolute Gasteiger partial charge is 0.486 e. The molecule has 1 fully saturated rings. The number of furan rings is 1. The van der Waals surface area contributed by atoms with Crippen LogP contribution in [-0.2, 0) is 4.79 Å². The number of hydrogen-bond acceptors (Lipinski definition) is 6. The predicted octanol–water partition coefficient (Wildman–Crippen LogP) is 5.21. The number of ether oxygens (including phenoxy) is 2. The minimum Gasteiger partial charge on any atom is -0.486 e. The Labute approximate surface area is 222 Å². The summed E-state index contributed by atoms with van der Waals surface area (Å²) in [4.78, 5) is 18.4. The highest BCUT2D eigenvalue weighted by atomic mass is 16.6. The fourth-order valence-corrected chi connectivity index (χ4v) is 5.05. The van der Waals surface area contributed by atoms with Crippen LogP contribution in [-0.4, -0.2) is 61.6 Å². The van der Waals surface area contributed by atoms with Gasteiger partial charge in [-0.1, -0.05) is 60.7 Å². The third kappa shape index (κ3) is 5.44. The van der Waals surface area contributed by atoms with Crippen molar-refractivity contribution in [2.24, 2.45) is 0 Å². The maximum absolute atomic E-state index is 13.8. The number of piperazine rings is 1. The van der Waals surface area contributed by atoms with Crippen LogP contribution in [0.1, 0.15) is 17.4 Å². The van der Waals surface area contributed by atoms with Gasteiger partial charge in [0.25, 0.3) is 0 Å². The third-order valence-corrected chi connectivity index (χ3v) is 7.02. The van der Waals surface area contributed by atoms with Gasteiger partial charge in [-0.25, -0.2) is 0 Å². The van der Waals surface area contributed by atoms with Crippen molar-refractivity contribution in [3.05, 3.63) is 96.3 Å². The van der Waals surface area contributed by atoms with E-state index in [9.17, 15) is 4.79 Å². The van der Waals surface area contributed by atoms with Gasteiger partial charge in [0.15, 0.2) is 11.5 Å². The summed E-state index contributed by atoms with van der Waals surface area (Å²) in [5, 5.41) is 4.09. The lowest BCUT2D eigenvalue weighted by Gasteiger charge is -2.37. The number of amides is 1. The molecule has 2 aliphatic heterocycles. The molecule has 1 aromatic heterocycles. The first-order chi connectivity index (χ1) is 18.7. The molecular weight excluding hydrogens is 478 g/mol. The molecule has 0 aliphatic carbocycles. The number of carbonyl (C=O) groups is 1. The van der Waals surface area contributed by atoms with Gasteiger partial charge in [0.05, 0.1) is 0 Å². The van der Waals surface area contributed by atoms with Crippen molar-refractivity contribution < 1.29 is 18.7 Å². The molecule has 2 aliphatic rings. The van der Waals surface area contributed by atoms with E-state index in [2.05, 4.69) is 39.4 Å². The van der Waals surface area contributed by atoms with Crippen LogP contribution in [0.5, 0.6) is 11.5 Å². The van der Waals surface area contributed by atoms with Crippen LogP contribution in [0.3, 0.4) is 0 Å². The van der Waals surface area contributed by atoms with Crippen molar-refractivity contribution in [1.82, 2.24) is 9.80 Å². The zero-order valence-electron chi connectivity index (χ0n) is 21.2. The Bertz CT molecular complexity index is 1390. The molecule has 7 heteroatoms. The van der Waals surface area contributed by atoms with E-state index in [0.717, 1.165) is 43.7 Å². The monoisotopic (exact) mass is 509 g/mol. The Balaban J connectivity index is 1.18. The van der Waals surface area contributed by atoms with Gasteiger partial charge in [-0.05, 0) is 29.8 Å². The molecule has 0 saturated carbocycles. The quantitative estimate of drug-likeness (QED) is 0.369. The number of fused-ring (bicyclic) bond motifs is 2. The molecular formula is C31H31N3O4. The number of para-hydroxylation sites is 1. The second-order valence-electron chi connectivity index (χ2n) is 9.59. The van der Waals surface area contributed by atoms with Crippen molar-refractivity contribution in [2.45, 2.75) is 6.04 Å². The molecule has 1 amide bonds. The predicted molar refractivity (Wildman–Crippen MR) is 149 cm³/mol. The minimum atomic E-state index is -0.544. The number of carbonyl (C=O) groups excluding carboxylic acids is 1. The van der Waals surface area contributed by atoms with E-state index in [1.807, 2.05) is 66.7 Å². The summed E-state index contributed by atoms with van der Waals surface area (Å²) in [5.74, 6) is 1.86. The highest BCUT2D eigenvalue weighted by Gasteiger charge is 2.33. The topological polar surface area (TPSA) is 67.2 Å². The molecule has 7 nitrogen and oxygen atoms in total. The number of benzene rings is 3. The Hall–Kier alpha value is -4.07. The summed E-state index contributed by atoms with van der Waals surface area (Å²) in [5.41, 5.74) is 2.65. The van der Waals surface area contributed by atoms with E-state index in [-0.39, 0.29) is 5.91 Å². The molecule has 1 atom stereocenters. The third-order valence-electron chi connectivity index (χ3n) is 7.02. The molecule has 3 heterocycles. The number of nitrogens with one attached hydrogen (secondary N) is 1. The SMILES string of the molecule is O=C(Nc1ccc2c(c1)OCCO2)C(c1cc2ccccc2o1)N1CCN(C/C=C/c2ccccc2)CC1. The van der Waals surface area contributed by atoms with Gasteiger partial charge in [0.1, 0.15) is 30.6 Å². The van der Waals surface area contributed by atoms with Crippen molar-refractivity contribution in [2.75, 3.05) is 51.3 Å². The summed E-state index contributed by atoms with van der Waals surface area (Å²) in [6, 6.07) is 25.1. The van der Waals surface area contributed by atoms with Gasteiger partial charge in [-0.15, -0.1) is 0 Å². The normalized spacial score (nSPS) is 17.1. The summed E-state index contributed by atoms with van der Waals surface area (Å²) in [6.07, 6.45) is 4.36. The molecule has 0 bridgehead atoms. The van der Waals surface area contributed by atoms with E-state index in [1.54, 1.807) is 0 Å². The van der Waals surface area contributed by atoms with E-state index in [4.69, 9.17) is 13.9 Å². The van der Waals surface area contributed by atoms with Crippen LogP contribution in [0.15, 0.2) is 89.4 Å². The number of anilines is 1. The van der Waals surface area contributed by atoms with E-state index in [1.165, 1.54) is 5.56 Å². The first-order valence-electron chi connectivity index (χ1n) is 13.1. The number of hydrogen-bond donors (Lipinski definition) is 1. The molecule has 1 unspecified atom stereocenters. The van der Waals surface area contributed by atoms with E-state index in [0.29, 0.717) is 36.2 Å². The highest BCUT2D eigenvalue weighted by Crippen LogP contribution is 2.34. The van der Waals surface area contributed by atoms with Crippen LogP contribution in [0.4, 0.5) is 5.69 Å². The summed E-state index contributed by atoms with van der Waals surface area (Å²) in [6.45, 7) is 5.16. The average molecular weight is 510 g/mol. The Kier molecular flexibility index (Phi) is 7.11. The number of nitrogens with zero attached hydrogens (tertiary/aromatic N) is 2. The molecule has 194 valence electrons. The Morgan fingerprint density at radius 3 is 2.45 bits per heavy atom. The smallest absolute Gasteiger partial charge is 0.249 e. The lowest BCUT2D eigenvalue weighted by atomic mass is 10.1. The lowest BCUT2D eigenvalue weighted by molar-refractivity contribution is -0.122. The summed E-state index contributed by atoms with van der Waals surface area (Å²) >= 11 is 0. The van der Waals surface area contributed by atoms with Crippen LogP contribution in [0.25, 0.3) is 17.0 Å². The van der Waals surface area contributed by atoms with Gasteiger partial charge in [0, 0.05) is 49.9 Å².